The Morgan fingerprint density at radius 3 is 2.81 bits per heavy atom. The number of pyridine rings is 1. The summed E-state index contributed by atoms with van der Waals surface area (Å²) < 4.78 is 5.58. The number of hydrogen-bond donors (Lipinski definition) is 1. The lowest BCUT2D eigenvalue weighted by Crippen LogP contribution is -2.46. The third-order valence-electron chi connectivity index (χ3n) is 4.25. The van der Waals surface area contributed by atoms with Crippen molar-refractivity contribution in [2.24, 2.45) is 5.92 Å². The van der Waals surface area contributed by atoms with Crippen molar-refractivity contribution in [3.05, 3.63) is 30.1 Å². The van der Waals surface area contributed by atoms with Crippen LogP contribution in [0, 0.1) is 5.92 Å². The summed E-state index contributed by atoms with van der Waals surface area (Å²) in [6.45, 7) is 10.5. The van der Waals surface area contributed by atoms with Gasteiger partial charge in [0.1, 0.15) is 0 Å². The Kier molecular flexibility index (Phi) is 7.13. The molecule has 2 rings (SSSR count). The van der Waals surface area contributed by atoms with Gasteiger partial charge in [0.2, 0.25) is 0 Å². The zero-order valence-electron chi connectivity index (χ0n) is 13.4. The highest BCUT2D eigenvalue weighted by Gasteiger charge is 2.26. The average Bonchev–Trinajstić information content (AvgIpc) is 3.05. The van der Waals surface area contributed by atoms with Crippen molar-refractivity contribution in [2.45, 2.75) is 39.3 Å². The summed E-state index contributed by atoms with van der Waals surface area (Å²) in [5, 5.41) is 3.73. The molecule has 21 heavy (non-hydrogen) atoms. The fourth-order valence-corrected chi connectivity index (χ4v) is 2.91. The van der Waals surface area contributed by atoms with Gasteiger partial charge < -0.3 is 10.1 Å². The highest BCUT2D eigenvalue weighted by Crippen LogP contribution is 2.18. The summed E-state index contributed by atoms with van der Waals surface area (Å²) in [5.41, 5.74) is 1.34. The molecule has 1 aliphatic rings. The molecular formula is C17H29N3O. The Labute approximate surface area is 128 Å². The number of nitrogens with zero attached hydrogens (tertiary/aromatic N) is 2. The van der Waals surface area contributed by atoms with Crippen molar-refractivity contribution in [1.82, 2.24) is 15.2 Å². The third kappa shape index (κ3) is 5.38. The molecule has 0 aromatic carbocycles. The lowest BCUT2D eigenvalue weighted by Gasteiger charge is -2.30. The van der Waals surface area contributed by atoms with Gasteiger partial charge in [-0.25, -0.2) is 0 Å². The molecule has 0 saturated carbocycles. The maximum Gasteiger partial charge on any atom is 0.0510 e. The van der Waals surface area contributed by atoms with Gasteiger partial charge in [-0.1, -0.05) is 13.8 Å². The van der Waals surface area contributed by atoms with E-state index in [1.165, 1.54) is 18.4 Å². The predicted octanol–water partition coefficient (Wildman–Crippen LogP) is 2.31. The van der Waals surface area contributed by atoms with Gasteiger partial charge in [0.05, 0.1) is 6.61 Å². The molecule has 4 nitrogen and oxygen atoms in total. The quantitative estimate of drug-likeness (QED) is 0.757. The van der Waals surface area contributed by atoms with Crippen LogP contribution < -0.4 is 5.32 Å². The Morgan fingerprint density at radius 1 is 1.38 bits per heavy atom. The number of rotatable bonds is 9. The lowest BCUT2D eigenvalue weighted by molar-refractivity contribution is 0.160. The first-order valence-corrected chi connectivity index (χ1v) is 8.25. The van der Waals surface area contributed by atoms with Crippen molar-refractivity contribution in [1.29, 1.82) is 0 Å². The fourth-order valence-electron chi connectivity index (χ4n) is 2.91. The number of hydrogen-bond acceptors (Lipinski definition) is 4. The van der Waals surface area contributed by atoms with Gasteiger partial charge in [-0.3, -0.25) is 9.88 Å². The molecule has 2 atom stereocenters. The maximum absolute atomic E-state index is 5.58. The smallest absolute Gasteiger partial charge is 0.0510 e. The fraction of sp³-hybridized carbons (Fsp3) is 0.706. The van der Waals surface area contributed by atoms with Gasteiger partial charge >= 0.3 is 0 Å². The molecule has 0 aliphatic carbocycles. The van der Waals surface area contributed by atoms with E-state index in [2.05, 4.69) is 41.2 Å². The molecule has 2 heterocycles. The molecule has 1 fully saturated rings. The van der Waals surface area contributed by atoms with Crippen LogP contribution in [0.5, 0.6) is 0 Å². The van der Waals surface area contributed by atoms with Gasteiger partial charge in [-0.15, -0.1) is 0 Å². The Bertz CT molecular complexity index is 379. The van der Waals surface area contributed by atoms with Crippen molar-refractivity contribution in [3.8, 4) is 0 Å². The minimum Gasteiger partial charge on any atom is -0.381 e. The van der Waals surface area contributed by atoms with Gasteiger partial charge in [-0.05, 0) is 43.6 Å². The molecule has 2 unspecified atom stereocenters. The Morgan fingerprint density at radius 2 is 2.19 bits per heavy atom. The normalized spacial score (nSPS) is 20.0. The van der Waals surface area contributed by atoms with Crippen LogP contribution >= 0.6 is 0 Å². The van der Waals surface area contributed by atoms with Gasteiger partial charge in [-0.2, -0.15) is 0 Å². The van der Waals surface area contributed by atoms with E-state index in [0.717, 1.165) is 39.4 Å². The minimum atomic E-state index is 0.536. The summed E-state index contributed by atoms with van der Waals surface area (Å²) in [4.78, 5) is 6.61. The van der Waals surface area contributed by atoms with Gasteiger partial charge in [0, 0.05) is 44.0 Å². The molecule has 1 saturated heterocycles. The van der Waals surface area contributed by atoms with Crippen LogP contribution in [0.4, 0.5) is 0 Å². The van der Waals surface area contributed by atoms with E-state index in [4.69, 9.17) is 4.74 Å². The monoisotopic (exact) mass is 291 g/mol. The van der Waals surface area contributed by atoms with Crippen LogP contribution in [0.3, 0.4) is 0 Å². The number of aromatic nitrogens is 1. The standard InChI is InChI=1S/C17H29N3O/c1-3-8-19-17(16-7-11-21-14-16)13-20(4-2)12-15-5-9-18-10-6-15/h5-6,9-10,16-17,19H,3-4,7-8,11-14H2,1-2H3. The molecular weight excluding hydrogens is 262 g/mol. The molecule has 4 heteroatoms. The number of likely N-dealkylation sites (N-methyl/N-ethyl adjacent to an activating group) is 1. The summed E-state index contributed by atoms with van der Waals surface area (Å²) >= 11 is 0. The van der Waals surface area contributed by atoms with Crippen molar-refractivity contribution in [2.75, 3.05) is 32.8 Å². The van der Waals surface area contributed by atoms with Crippen LogP contribution in [-0.2, 0) is 11.3 Å². The van der Waals surface area contributed by atoms with Crippen LogP contribution in [0.1, 0.15) is 32.3 Å². The van der Waals surface area contributed by atoms with Crippen molar-refractivity contribution < 1.29 is 4.74 Å². The van der Waals surface area contributed by atoms with Crippen LogP contribution in [0.2, 0.25) is 0 Å². The SMILES string of the molecule is CCCNC(CN(CC)Cc1ccncc1)C1CCOC1. The van der Waals surface area contributed by atoms with E-state index in [9.17, 15) is 0 Å². The molecule has 1 aliphatic heterocycles. The van der Waals surface area contributed by atoms with E-state index in [1.807, 2.05) is 12.4 Å². The molecule has 118 valence electrons. The average molecular weight is 291 g/mol. The molecule has 1 aromatic heterocycles. The molecule has 0 amide bonds. The first-order valence-electron chi connectivity index (χ1n) is 8.25. The molecule has 1 aromatic rings. The Hall–Kier alpha value is -0.970. The largest absolute Gasteiger partial charge is 0.381 e. The molecule has 1 N–H and O–H groups in total. The van der Waals surface area contributed by atoms with E-state index in [-0.39, 0.29) is 0 Å². The second-order valence-corrected chi connectivity index (χ2v) is 5.87. The summed E-state index contributed by atoms with van der Waals surface area (Å²) in [5.74, 6) is 0.656. The van der Waals surface area contributed by atoms with Gasteiger partial charge in [0.15, 0.2) is 0 Å². The summed E-state index contributed by atoms with van der Waals surface area (Å²) in [6, 6.07) is 4.75. The van der Waals surface area contributed by atoms with Crippen LogP contribution in [-0.4, -0.2) is 48.8 Å². The highest BCUT2D eigenvalue weighted by molar-refractivity contribution is 5.09. The first kappa shape index (κ1) is 16.4. The minimum absolute atomic E-state index is 0.536. The summed E-state index contributed by atoms with van der Waals surface area (Å²) in [6.07, 6.45) is 6.12. The molecule has 0 radical (unpaired) electrons. The number of nitrogens with one attached hydrogen (secondary N) is 1. The van der Waals surface area contributed by atoms with E-state index >= 15 is 0 Å². The first-order chi connectivity index (χ1) is 10.3. The third-order valence-corrected chi connectivity index (χ3v) is 4.25. The highest BCUT2D eigenvalue weighted by atomic mass is 16.5. The number of ether oxygens (including phenoxy) is 1. The van der Waals surface area contributed by atoms with Crippen molar-refractivity contribution in [3.63, 3.8) is 0 Å². The second-order valence-electron chi connectivity index (χ2n) is 5.87. The Balaban J connectivity index is 1.92. The maximum atomic E-state index is 5.58. The zero-order chi connectivity index (χ0) is 14.9. The van der Waals surface area contributed by atoms with Gasteiger partial charge in [0.25, 0.3) is 0 Å². The van der Waals surface area contributed by atoms with Crippen LogP contribution in [0.15, 0.2) is 24.5 Å². The van der Waals surface area contributed by atoms with E-state index in [1.54, 1.807) is 0 Å². The zero-order valence-corrected chi connectivity index (χ0v) is 13.4. The molecule has 0 spiro atoms. The topological polar surface area (TPSA) is 37.4 Å². The van der Waals surface area contributed by atoms with Crippen LogP contribution in [0.25, 0.3) is 0 Å². The lowest BCUT2D eigenvalue weighted by atomic mass is 9.98. The molecule has 0 bridgehead atoms. The van der Waals surface area contributed by atoms with Crippen molar-refractivity contribution >= 4 is 0 Å². The summed E-state index contributed by atoms with van der Waals surface area (Å²) in [7, 11) is 0. The predicted molar refractivity (Wildman–Crippen MR) is 86.2 cm³/mol. The second kappa shape index (κ2) is 9.13. The van der Waals surface area contributed by atoms with E-state index in [0.29, 0.717) is 12.0 Å². The van der Waals surface area contributed by atoms with E-state index < -0.39 is 0 Å².